The summed E-state index contributed by atoms with van der Waals surface area (Å²) >= 11 is 0. The summed E-state index contributed by atoms with van der Waals surface area (Å²) in [7, 11) is 0. The Labute approximate surface area is 105 Å². The van der Waals surface area contributed by atoms with Crippen molar-refractivity contribution in [3.8, 4) is 11.5 Å². The van der Waals surface area contributed by atoms with Crippen LogP contribution in [0.25, 0.3) is 0 Å². The number of hydrogen-bond donors (Lipinski definition) is 1. The van der Waals surface area contributed by atoms with E-state index in [1.54, 1.807) is 6.42 Å². The molecule has 0 aromatic heterocycles. The molecule has 0 aliphatic carbocycles. The number of benzene rings is 2. The Morgan fingerprint density at radius 3 is 2.78 bits per heavy atom. The van der Waals surface area contributed by atoms with Crippen molar-refractivity contribution in [1.29, 1.82) is 0 Å². The van der Waals surface area contributed by atoms with Crippen molar-refractivity contribution in [2.24, 2.45) is 0 Å². The lowest BCUT2D eigenvalue weighted by Crippen LogP contribution is -2.01. The Bertz CT molecular complexity index is 620. The van der Waals surface area contributed by atoms with Gasteiger partial charge < -0.3 is 10.1 Å². The van der Waals surface area contributed by atoms with Gasteiger partial charge in [-0.05, 0) is 42.3 Å². The molecule has 18 heavy (non-hydrogen) atoms. The lowest BCUT2D eigenvalue weighted by molar-refractivity contribution is -0.112. The number of anilines is 1. The van der Waals surface area contributed by atoms with E-state index in [9.17, 15) is 4.79 Å². The minimum Gasteiger partial charge on any atom is -0.457 e. The Hall–Kier alpha value is -2.29. The third kappa shape index (κ3) is 1.95. The fourth-order valence-electron chi connectivity index (χ4n) is 1.95. The zero-order valence-electron chi connectivity index (χ0n) is 9.94. The molecule has 2 aromatic rings. The monoisotopic (exact) mass is 238 g/mol. The summed E-state index contributed by atoms with van der Waals surface area (Å²) in [5.74, 6) is 1.48. The maximum absolute atomic E-state index is 11.2. The van der Waals surface area contributed by atoms with Crippen LogP contribution in [0.3, 0.4) is 0 Å². The van der Waals surface area contributed by atoms with E-state index in [0.717, 1.165) is 28.3 Å². The molecule has 0 unspecified atom stereocenters. The zero-order chi connectivity index (χ0) is 12.5. The Morgan fingerprint density at radius 1 is 1.11 bits per heavy atom. The van der Waals surface area contributed by atoms with Gasteiger partial charge in [0.15, 0.2) is 0 Å². The predicted molar refractivity (Wildman–Crippen MR) is 69.7 cm³/mol. The molecule has 89 valence electrons. The topological polar surface area (TPSA) is 38.3 Å². The van der Waals surface area contributed by atoms with Gasteiger partial charge in [0.05, 0.1) is 6.42 Å². The molecule has 1 N–H and O–H groups in total. The highest BCUT2D eigenvalue weighted by atomic mass is 16.5. The van der Waals surface area contributed by atoms with Crippen molar-refractivity contribution in [2.75, 3.05) is 5.32 Å². The smallest absolute Gasteiger partial charge is 0.233 e. The molecule has 0 saturated carbocycles. The van der Waals surface area contributed by atoms with Gasteiger partial charge in [-0.25, -0.2) is 0 Å². The lowest BCUT2D eigenvalue weighted by Gasteiger charge is -2.09. The number of ether oxygens (including phenoxy) is 1. The Kier molecular flexibility index (Phi) is 2.52. The van der Waals surface area contributed by atoms with Gasteiger partial charge in [0.2, 0.25) is 5.91 Å². The number of fused-ring (bicyclic) bond motifs is 1. The minimum absolute atomic E-state index is 0.0851. The van der Waals surface area contributed by atoms with E-state index >= 15 is 0 Å². The maximum atomic E-state index is 11.2. The van der Waals surface area contributed by atoms with Crippen LogP contribution in [-0.2, 0) is 4.79 Å². The summed E-state index contributed by atoms with van der Waals surface area (Å²) in [5.41, 5.74) is 2.78. The highest BCUT2D eigenvalue weighted by Crippen LogP contribution is 2.31. The SMILES string of the molecule is Cc1ccccc1Oc1ccc2c(c1)[CH]C(=O)N2. The number of hydrogen-bond acceptors (Lipinski definition) is 2. The van der Waals surface area contributed by atoms with E-state index in [2.05, 4.69) is 5.32 Å². The van der Waals surface area contributed by atoms with Crippen LogP contribution >= 0.6 is 0 Å². The van der Waals surface area contributed by atoms with E-state index in [4.69, 9.17) is 4.74 Å². The number of rotatable bonds is 2. The number of carbonyl (C=O) groups excluding carboxylic acids is 1. The number of para-hydroxylation sites is 1. The average molecular weight is 238 g/mol. The standard InChI is InChI=1S/C15H12NO2/c1-10-4-2-3-5-14(10)18-12-6-7-13-11(8-12)9-15(17)16-13/h2-9H,1H3,(H,16,17). The fourth-order valence-corrected chi connectivity index (χ4v) is 1.95. The van der Waals surface area contributed by atoms with Crippen molar-refractivity contribution < 1.29 is 9.53 Å². The molecule has 3 rings (SSSR count). The molecular formula is C15H12NO2. The molecule has 0 fully saturated rings. The first-order valence-electron chi connectivity index (χ1n) is 5.76. The van der Waals surface area contributed by atoms with Crippen LogP contribution in [0.4, 0.5) is 5.69 Å². The second kappa shape index (κ2) is 4.18. The minimum atomic E-state index is -0.0851. The third-order valence-electron chi connectivity index (χ3n) is 2.89. The predicted octanol–water partition coefficient (Wildman–Crippen LogP) is 3.29. The molecule has 1 amide bonds. The van der Waals surface area contributed by atoms with Gasteiger partial charge in [-0.1, -0.05) is 18.2 Å². The third-order valence-corrected chi connectivity index (χ3v) is 2.89. The van der Waals surface area contributed by atoms with Gasteiger partial charge in [-0.3, -0.25) is 4.79 Å². The largest absolute Gasteiger partial charge is 0.457 e. The number of carbonyl (C=O) groups is 1. The number of amides is 1. The molecule has 0 atom stereocenters. The average Bonchev–Trinajstić information content (AvgIpc) is 2.71. The van der Waals surface area contributed by atoms with E-state index < -0.39 is 0 Å². The van der Waals surface area contributed by atoms with Crippen molar-refractivity contribution in [2.45, 2.75) is 6.92 Å². The maximum Gasteiger partial charge on any atom is 0.233 e. The van der Waals surface area contributed by atoms with Gasteiger partial charge in [0, 0.05) is 5.69 Å². The molecular weight excluding hydrogens is 226 g/mol. The van der Waals surface area contributed by atoms with Crippen LogP contribution in [0.5, 0.6) is 11.5 Å². The molecule has 1 aliphatic rings. The van der Waals surface area contributed by atoms with Gasteiger partial charge in [0.1, 0.15) is 11.5 Å². The zero-order valence-corrected chi connectivity index (χ0v) is 9.94. The second-order valence-electron chi connectivity index (χ2n) is 4.25. The van der Waals surface area contributed by atoms with Gasteiger partial charge >= 0.3 is 0 Å². The van der Waals surface area contributed by atoms with Gasteiger partial charge in [-0.15, -0.1) is 0 Å². The fraction of sp³-hybridized carbons (Fsp3) is 0.0667. The highest BCUT2D eigenvalue weighted by Gasteiger charge is 2.18. The second-order valence-corrected chi connectivity index (χ2v) is 4.25. The summed E-state index contributed by atoms with van der Waals surface area (Å²) in [6, 6.07) is 13.4. The van der Waals surface area contributed by atoms with Crippen LogP contribution in [0.15, 0.2) is 42.5 Å². The molecule has 0 spiro atoms. The van der Waals surface area contributed by atoms with E-state index in [1.807, 2.05) is 49.4 Å². The first-order valence-corrected chi connectivity index (χ1v) is 5.76. The summed E-state index contributed by atoms with van der Waals surface area (Å²) in [4.78, 5) is 11.2. The Morgan fingerprint density at radius 2 is 1.94 bits per heavy atom. The summed E-state index contributed by atoms with van der Waals surface area (Å²) < 4.78 is 5.81. The molecule has 3 nitrogen and oxygen atoms in total. The summed E-state index contributed by atoms with van der Waals surface area (Å²) in [5, 5.41) is 2.75. The van der Waals surface area contributed by atoms with Crippen molar-refractivity contribution in [1.82, 2.24) is 0 Å². The van der Waals surface area contributed by atoms with Crippen molar-refractivity contribution in [3.63, 3.8) is 0 Å². The number of nitrogens with one attached hydrogen (secondary N) is 1. The van der Waals surface area contributed by atoms with Crippen LogP contribution < -0.4 is 10.1 Å². The van der Waals surface area contributed by atoms with Gasteiger partial charge in [0.25, 0.3) is 0 Å². The summed E-state index contributed by atoms with van der Waals surface area (Å²) in [6.07, 6.45) is 1.57. The quantitative estimate of drug-likeness (QED) is 0.871. The number of aryl methyl sites for hydroxylation is 1. The lowest BCUT2D eigenvalue weighted by atomic mass is 10.1. The molecule has 2 aromatic carbocycles. The molecule has 0 bridgehead atoms. The first-order chi connectivity index (χ1) is 8.72. The molecule has 1 heterocycles. The highest BCUT2D eigenvalue weighted by molar-refractivity contribution is 6.06. The van der Waals surface area contributed by atoms with E-state index in [1.165, 1.54) is 0 Å². The molecule has 3 heteroatoms. The molecule has 1 aliphatic heterocycles. The van der Waals surface area contributed by atoms with Crippen LogP contribution in [0.2, 0.25) is 0 Å². The van der Waals surface area contributed by atoms with E-state index in [-0.39, 0.29) is 5.91 Å². The van der Waals surface area contributed by atoms with Crippen LogP contribution in [-0.4, -0.2) is 5.91 Å². The normalized spacial score (nSPS) is 13.1. The summed E-state index contributed by atoms with van der Waals surface area (Å²) in [6.45, 7) is 2.00. The molecule has 1 radical (unpaired) electrons. The van der Waals surface area contributed by atoms with Crippen molar-refractivity contribution >= 4 is 11.6 Å². The molecule has 0 saturated heterocycles. The van der Waals surface area contributed by atoms with Crippen LogP contribution in [0, 0.1) is 13.3 Å². The first kappa shape index (κ1) is 10.8. The Balaban J connectivity index is 1.89. The van der Waals surface area contributed by atoms with Crippen molar-refractivity contribution in [3.05, 3.63) is 60.0 Å². The van der Waals surface area contributed by atoms with Gasteiger partial charge in [-0.2, -0.15) is 0 Å². The van der Waals surface area contributed by atoms with Crippen LogP contribution in [0.1, 0.15) is 11.1 Å². The van der Waals surface area contributed by atoms with E-state index in [0.29, 0.717) is 0 Å².